The second-order valence-corrected chi connectivity index (χ2v) is 6.53. The molecule has 1 aliphatic rings. The summed E-state index contributed by atoms with van der Waals surface area (Å²) in [5.41, 5.74) is 0. The normalized spacial score (nSPS) is 24.4. The van der Waals surface area contributed by atoms with E-state index in [0.717, 1.165) is 18.4 Å². The molecule has 2 unspecified atom stereocenters. The lowest BCUT2D eigenvalue weighted by Gasteiger charge is -2.30. The third kappa shape index (κ3) is 5.48. The van der Waals surface area contributed by atoms with E-state index in [1.54, 1.807) is 0 Å². The molecule has 2 atom stereocenters. The molecule has 0 radical (unpaired) electrons. The summed E-state index contributed by atoms with van der Waals surface area (Å²) in [6, 6.07) is 0.523. The van der Waals surface area contributed by atoms with Crippen LogP contribution in [0.3, 0.4) is 0 Å². The average Bonchev–Trinajstić information content (AvgIpc) is 2.25. The van der Waals surface area contributed by atoms with Crippen molar-refractivity contribution in [3.8, 4) is 0 Å². The molecule has 1 heterocycles. The highest BCUT2D eigenvalue weighted by molar-refractivity contribution is 8.06. The Morgan fingerprint density at radius 1 is 1.40 bits per heavy atom. The molecule has 4 heteroatoms. The SMILES string of the molecule is CCNC(COC(C)C)C1CSCCS1. The number of hydrogen-bond donors (Lipinski definition) is 1. The van der Waals surface area contributed by atoms with Gasteiger partial charge in [-0.1, -0.05) is 6.92 Å². The molecule has 0 aliphatic carbocycles. The summed E-state index contributed by atoms with van der Waals surface area (Å²) in [5, 5.41) is 4.27. The zero-order valence-corrected chi connectivity index (χ0v) is 11.6. The van der Waals surface area contributed by atoms with Crippen molar-refractivity contribution in [3.05, 3.63) is 0 Å². The summed E-state index contributed by atoms with van der Waals surface area (Å²) in [6.45, 7) is 8.26. The molecular weight excluding hydrogens is 226 g/mol. The average molecular weight is 249 g/mol. The van der Waals surface area contributed by atoms with Crippen LogP contribution >= 0.6 is 23.5 Å². The fourth-order valence-electron chi connectivity index (χ4n) is 1.59. The third-order valence-electron chi connectivity index (χ3n) is 2.37. The molecule has 15 heavy (non-hydrogen) atoms. The van der Waals surface area contributed by atoms with Crippen LogP contribution in [0.5, 0.6) is 0 Å². The maximum atomic E-state index is 5.72. The number of rotatable bonds is 6. The van der Waals surface area contributed by atoms with Gasteiger partial charge in [-0.15, -0.1) is 0 Å². The van der Waals surface area contributed by atoms with Crippen molar-refractivity contribution in [1.82, 2.24) is 5.32 Å². The summed E-state index contributed by atoms with van der Waals surface area (Å²) in [7, 11) is 0. The van der Waals surface area contributed by atoms with Crippen LogP contribution in [0, 0.1) is 0 Å². The molecule has 1 saturated heterocycles. The smallest absolute Gasteiger partial charge is 0.0634 e. The van der Waals surface area contributed by atoms with Crippen LogP contribution in [-0.2, 0) is 4.74 Å². The van der Waals surface area contributed by atoms with Gasteiger partial charge in [0.1, 0.15) is 0 Å². The highest BCUT2D eigenvalue weighted by atomic mass is 32.2. The second-order valence-electron chi connectivity index (χ2n) is 4.03. The van der Waals surface area contributed by atoms with Crippen LogP contribution in [0.1, 0.15) is 20.8 Å². The second kappa shape index (κ2) is 7.82. The van der Waals surface area contributed by atoms with Gasteiger partial charge >= 0.3 is 0 Å². The first-order chi connectivity index (χ1) is 7.24. The Labute approximate surface area is 102 Å². The molecule has 90 valence electrons. The Kier molecular flexibility index (Phi) is 7.14. The van der Waals surface area contributed by atoms with Gasteiger partial charge in [0.15, 0.2) is 0 Å². The van der Waals surface area contributed by atoms with Crippen LogP contribution in [-0.4, -0.2) is 47.8 Å². The molecular formula is C11H23NOS2. The van der Waals surface area contributed by atoms with Gasteiger partial charge in [-0.25, -0.2) is 0 Å². The topological polar surface area (TPSA) is 21.3 Å². The van der Waals surface area contributed by atoms with Crippen molar-refractivity contribution in [2.24, 2.45) is 0 Å². The Hall–Kier alpha value is 0.620. The quantitative estimate of drug-likeness (QED) is 0.779. The van der Waals surface area contributed by atoms with Gasteiger partial charge in [-0.2, -0.15) is 23.5 Å². The van der Waals surface area contributed by atoms with Gasteiger partial charge in [-0.3, -0.25) is 0 Å². The molecule has 0 saturated carbocycles. The van der Waals surface area contributed by atoms with Crippen LogP contribution in [0.25, 0.3) is 0 Å². The minimum Gasteiger partial charge on any atom is -0.377 e. The molecule has 2 nitrogen and oxygen atoms in total. The molecule has 1 aliphatic heterocycles. The Balaban J connectivity index is 2.33. The number of likely N-dealkylation sites (N-methyl/N-ethyl adjacent to an activating group) is 1. The maximum Gasteiger partial charge on any atom is 0.0634 e. The van der Waals surface area contributed by atoms with Crippen molar-refractivity contribution in [1.29, 1.82) is 0 Å². The van der Waals surface area contributed by atoms with E-state index in [4.69, 9.17) is 4.74 Å². The van der Waals surface area contributed by atoms with E-state index in [0.29, 0.717) is 12.1 Å². The molecule has 0 aromatic carbocycles. The molecule has 1 rings (SSSR count). The molecule has 1 fully saturated rings. The van der Waals surface area contributed by atoms with E-state index < -0.39 is 0 Å². The first kappa shape index (κ1) is 13.7. The molecule has 0 bridgehead atoms. The fourth-order valence-corrected chi connectivity index (χ4v) is 4.47. The van der Waals surface area contributed by atoms with E-state index in [-0.39, 0.29) is 0 Å². The fraction of sp³-hybridized carbons (Fsp3) is 1.00. The van der Waals surface area contributed by atoms with E-state index in [2.05, 4.69) is 49.6 Å². The Morgan fingerprint density at radius 2 is 2.20 bits per heavy atom. The highest BCUT2D eigenvalue weighted by Crippen LogP contribution is 2.26. The Morgan fingerprint density at radius 3 is 2.73 bits per heavy atom. The zero-order chi connectivity index (χ0) is 11.1. The zero-order valence-electron chi connectivity index (χ0n) is 9.99. The third-order valence-corrected chi connectivity index (χ3v) is 5.29. The number of thioether (sulfide) groups is 2. The number of ether oxygens (including phenoxy) is 1. The van der Waals surface area contributed by atoms with E-state index in [1.165, 1.54) is 17.3 Å². The lowest BCUT2D eigenvalue weighted by atomic mass is 10.2. The molecule has 0 aromatic rings. The summed E-state index contributed by atoms with van der Waals surface area (Å²) in [6.07, 6.45) is 0.340. The van der Waals surface area contributed by atoms with Crippen molar-refractivity contribution in [2.75, 3.05) is 30.4 Å². The van der Waals surface area contributed by atoms with Crippen LogP contribution in [0.2, 0.25) is 0 Å². The summed E-state index contributed by atoms with van der Waals surface area (Å²) < 4.78 is 5.72. The summed E-state index contributed by atoms with van der Waals surface area (Å²) in [4.78, 5) is 0. The van der Waals surface area contributed by atoms with Gasteiger partial charge in [0.05, 0.1) is 12.7 Å². The summed E-state index contributed by atoms with van der Waals surface area (Å²) >= 11 is 4.17. The van der Waals surface area contributed by atoms with Gasteiger partial charge < -0.3 is 10.1 Å². The van der Waals surface area contributed by atoms with Crippen LogP contribution in [0.4, 0.5) is 0 Å². The van der Waals surface area contributed by atoms with E-state index in [1.807, 2.05) is 0 Å². The lowest BCUT2D eigenvalue weighted by molar-refractivity contribution is 0.0621. The molecule has 0 amide bonds. The van der Waals surface area contributed by atoms with Gasteiger partial charge in [-0.05, 0) is 20.4 Å². The minimum atomic E-state index is 0.340. The highest BCUT2D eigenvalue weighted by Gasteiger charge is 2.24. The summed E-state index contributed by atoms with van der Waals surface area (Å²) in [5.74, 6) is 3.87. The Bertz CT molecular complexity index is 161. The van der Waals surface area contributed by atoms with Crippen molar-refractivity contribution >= 4 is 23.5 Å². The maximum absolute atomic E-state index is 5.72. The predicted octanol–water partition coefficient (Wildman–Crippen LogP) is 2.24. The first-order valence-electron chi connectivity index (χ1n) is 5.78. The first-order valence-corrected chi connectivity index (χ1v) is 7.98. The van der Waals surface area contributed by atoms with Gasteiger partial charge in [0, 0.05) is 28.6 Å². The standard InChI is InChI=1S/C11H23NOS2/c1-4-12-10(7-13-9(2)3)11-8-14-5-6-15-11/h9-12H,4-8H2,1-3H3. The lowest BCUT2D eigenvalue weighted by Crippen LogP contribution is -2.44. The van der Waals surface area contributed by atoms with Gasteiger partial charge in [0.2, 0.25) is 0 Å². The predicted molar refractivity (Wildman–Crippen MR) is 72.1 cm³/mol. The van der Waals surface area contributed by atoms with Crippen LogP contribution < -0.4 is 5.32 Å². The number of nitrogens with one attached hydrogen (secondary N) is 1. The van der Waals surface area contributed by atoms with E-state index in [9.17, 15) is 0 Å². The van der Waals surface area contributed by atoms with Gasteiger partial charge in [0.25, 0.3) is 0 Å². The monoisotopic (exact) mass is 249 g/mol. The van der Waals surface area contributed by atoms with Crippen molar-refractivity contribution < 1.29 is 4.74 Å². The minimum absolute atomic E-state index is 0.340. The van der Waals surface area contributed by atoms with Crippen molar-refractivity contribution in [2.45, 2.75) is 38.2 Å². The molecule has 0 spiro atoms. The van der Waals surface area contributed by atoms with Crippen LogP contribution in [0.15, 0.2) is 0 Å². The van der Waals surface area contributed by atoms with E-state index >= 15 is 0 Å². The largest absolute Gasteiger partial charge is 0.377 e. The number of hydrogen-bond acceptors (Lipinski definition) is 4. The molecule has 1 N–H and O–H groups in total. The van der Waals surface area contributed by atoms with Crippen molar-refractivity contribution in [3.63, 3.8) is 0 Å². The molecule has 0 aromatic heterocycles.